The van der Waals surface area contributed by atoms with E-state index in [1.165, 1.54) is 12.8 Å². The van der Waals surface area contributed by atoms with Gasteiger partial charge in [0.15, 0.2) is 0 Å². The van der Waals surface area contributed by atoms with Gasteiger partial charge in [-0.1, -0.05) is 0 Å². The Kier molecular flexibility index (Phi) is 2.28. The molecule has 3 fully saturated rings. The lowest BCUT2D eigenvalue weighted by molar-refractivity contribution is -0.154. The van der Waals surface area contributed by atoms with Crippen molar-refractivity contribution in [1.82, 2.24) is 0 Å². The SMILES string of the molecule is CCOC(=O)C1CC2CC(C2)C1N. The summed E-state index contributed by atoms with van der Waals surface area (Å²) in [5.41, 5.74) is 5.99. The largest absolute Gasteiger partial charge is 0.466 e. The Morgan fingerprint density at radius 1 is 1.46 bits per heavy atom. The molecule has 0 radical (unpaired) electrons. The summed E-state index contributed by atoms with van der Waals surface area (Å²) in [6, 6.07) is 0.0593. The Hall–Kier alpha value is -0.570. The molecule has 13 heavy (non-hydrogen) atoms. The van der Waals surface area contributed by atoms with Crippen molar-refractivity contribution in [1.29, 1.82) is 0 Å². The molecule has 2 unspecified atom stereocenters. The second-order valence-corrected chi connectivity index (χ2v) is 4.27. The summed E-state index contributed by atoms with van der Waals surface area (Å²) in [7, 11) is 0. The monoisotopic (exact) mass is 183 g/mol. The fourth-order valence-electron chi connectivity index (χ4n) is 2.64. The van der Waals surface area contributed by atoms with Crippen molar-refractivity contribution >= 4 is 5.97 Å². The van der Waals surface area contributed by atoms with Crippen molar-refractivity contribution in [2.45, 2.75) is 32.2 Å². The minimum atomic E-state index is -0.0793. The van der Waals surface area contributed by atoms with Crippen molar-refractivity contribution in [3.05, 3.63) is 0 Å². The van der Waals surface area contributed by atoms with Gasteiger partial charge in [0.25, 0.3) is 0 Å². The average molecular weight is 183 g/mol. The highest BCUT2D eigenvalue weighted by Crippen LogP contribution is 2.47. The smallest absolute Gasteiger partial charge is 0.310 e. The topological polar surface area (TPSA) is 52.3 Å². The summed E-state index contributed by atoms with van der Waals surface area (Å²) in [6.07, 6.45) is 3.42. The van der Waals surface area contributed by atoms with Gasteiger partial charge in [-0.2, -0.15) is 0 Å². The van der Waals surface area contributed by atoms with E-state index in [4.69, 9.17) is 10.5 Å². The third-order valence-corrected chi connectivity index (χ3v) is 3.46. The zero-order valence-corrected chi connectivity index (χ0v) is 8.03. The summed E-state index contributed by atoms with van der Waals surface area (Å²) in [5.74, 6) is 1.24. The van der Waals surface area contributed by atoms with Crippen LogP contribution >= 0.6 is 0 Å². The average Bonchev–Trinajstić information content (AvgIpc) is 2.02. The third kappa shape index (κ3) is 1.46. The highest BCUT2D eigenvalue weighted by atomic mass is 16.5. The van der Waals surface area contributed by atoms with Crippen LogP contribution in [0.5, 0.6) is 0 Å². The van der Waals surface area contributed by atoms with Crippen LogP contribution in [0.3, 0.4) is 0 Å². The predicted molar refractivity (Wildman–Crippen MR) is 48.9 cm³/mol. The Morgan fingerprint density at radius 2 is 2.15 bits per heavy atom. The number of fused-ring (bicyclic) bond motifs is 2. The Bertz CT molecular complexity index is 211. The molecule has 0 heterocycles. The van der Waals surface area contributed by atoms with Crippen LogP contribution in [-0.4, -0.2) is 18.6 Å². The first-order valence-corrected chi connectivity index (χ1v) is 5.14. The first-order valence-electron chi connectivity index (χ1n) is 5.14. The van der Waals surface area contributed by atoms with E-state index in [1.807, 2.05) is 6.92 Å². The van der Waals surface area contributed by atoms with Crippen LogP contribution in [0, 0.1) is 17.8 Å². The molecule has 0 amide bonds. The number of esters is 1. The van der Waals surface area contributed by atoms with Gasteiger partial charge in [-0.25, -0.2) is 0 Å². The maximum absolute atomic E-state index is 11.5. The van der Waals surface area contributed by atoms with Gasteiger partial charge in [0.2, 0.25) is 0 Å². The molecule has 74 valence electrons. The van der Waals surface area contributed by atoms with Gasteiger partial charge in [0, 0.05) is 6.04 Å². The molecule has 0 aromatic carbocycles. The summed E-state index contributed by atoms with van der Waals surface area (Å²) >= 11 is 0. The Balaban J connectivity index is 1.95. The molecule has 2 N–H and O–H groups in total. The quantitative estimate of drug-likeness (QED) is 0.648. The van der Waals surface area contributed by atoms with Crippen molar-refractivity contribution in [3.63, 3.8) is 0 Å². The lowest BCUT2D eigenvalue weighted by atomic mass is 9.59. The molecule has 3 aliphatic rings. The number of hydrogen-bond donors (Lipinski definition) is 1. The van der Waals surface area contributed by atoms with Crippen LogP contribution < -0.4 is 5.73 Å². The second kappa shape index (κ2) is 3.29. The van der Waals surface area contributed by atoms with E-state index >= 15 is 0 Å². The molecule has 0 aromatic heterocycles. The maximum Gasteiger partial charge on any atom is 0.310 e. The molecular weight excluding hydrogens is 166 g/mol. The third-order valence-electron chi connectivity index (χ3n) is 3.46. The summed E-state index contributed by atoms with van der Waals surface area (Å²) in [6.45, 7) is 2.31. The highest BCUT2D eigenvalue weighted by Gasteiger charge is 2.47. The number of rotatable bonds is 2. The molecule has 2 bridgehead atoms. The van der Waals surface area contributed by atoms with Crippen molar-refractivity contribution in [2.24, 2.45) is 23.5 Å². The van der Waals surface area contributed by atoms with E-state index in [0.717, 1.165) is 12.3 Å². The van der Waals surface area contributed by atoms with Gasteiger partial charge in [-0.15, -0.1) is 0 Å². The summed E-state index contributed by atoms with van der Waals surface area (Å²) in [5, 5.41) is 0. The van der Waals surface area contributed by atoms with E-state index in [1.54, 1.807) is 0 Å². The van der Waals surface area contributed by atoms with Gasteiger partial charge in [-0.3, -0.25) is 4.79 Å². The second-order valence-electron chi connectivity index (χ2n) is 4.27. The van der Waals surface area contributed by atoms with Gasteiger partial charge in [0.05, 0.1) is 12.5 Å². The number of carbonyl (C=O) groups is 1. The fourth-order valence-corrected chi connectivity index (χ4v) is 2.64. The minimum absolute atomic E-state index is 0.0163. The molecule has 3 rings (SSSR count). The van der Waals surface area contributed by atoms with E-state index < -0.39 is 0 Å². The normalized spacial score (nSPS) is 42.3. The molecular formula is C10H17NO2. The maximum atomic E-state index is 11.5. The van der Waals surface area contributed by atoms with Gasteiger partial charge in [0.1, 0.15) is 0 Å². The van der Waals surface area contributed by atoms with E-state index in [2.05, 4.69) is 0 Å². The summed E-state index contributed by atoms with van der Waals surface area (Å²) in [4.78, 5) is 11.5. The highest BCUT2D eigenvalue weighted by molar-refractivity contribution is 5.73. The van der Waals surface area contributed by atoms with Gasteiger partial charge in [-0.05, 0) is 38.0 Å². The van der Waals surface area contributed by atoms with Gasteiger partial charge >= 0.3 is 5.97 Å². The zero-order chi connectivity index (χ0) is 9.42. The van der Waals surface area contributed by atoms with Crippen molar-refractivity contribution in [3.8, 4) is 0 Å². The molecule has 3 nitrogen and oxygen atoms in total. The molecule has 0 spiro atoms. The molecule has 3 saturated carbocycles. The van der Waals surface area contributed by atoms with Crippen LogP contribution in [0.15, 0.2) is 0 Å². The molecule has 0 aliphatic heterocycles. The number of carbonyl (C=O) groups excluding carboxylic acids is 1. The van der Waals surface area contributed by atoms with Crippen LogP contribution in [0.1, 0.15) is 26.2 Å². The zero-order valence-electron chi connectivity index (χ0n) is 8.03. The predicted octanol–water partition coefficient (Wildman–Crippen LogP) is 0.923. The molecule has 0 aromatic rings. The Morgan fingerprint density at radius 3 is 2.69 bits per heavy atom. The van der Waals surface area contributed by atoms with Crippen molar-refractivity contribution < 1.29 is 9.53 Å². The molecule has 0 saturated heterocycles. The number of hydrogen-bond acceptors (Lipinski definition) is 3. The first kappa shape index (κ1) is 9.00. The van der Waals surface area contributed by atoms with Crippen LogP contribution in [0.4, 0.5) is 0 Å². The molecule has 2 atom stereocenters. The lowest BCUT2D eigenvalue weighted by Gasteiger charge is -2.48. The van der Waals surface area contributed by atoms with E-state index in [9.17, 15) is 4.79 Å². The Labute approximate surface area is 78.6 Å². The minimum Gasteiger partial charge on any atom is -0.466 e. The first-order chi connectivity index (χ1) is 6.22. The molecule has 3 aliphatic carbocycles. The fraction of sp³-hybridized carbons (Fsp3) is 0.900. The van der Waals surface area contributed by atoms with E-state index in [-0.39, 0.29) is 17.9 Å². The van der Waals surface area contributed by atoms with Crippen LogP contribution in [0.2, 0.25) is 0 Å². The van der Waals surface area contributed by atoms with Gasteiger partial charge < -0.3 is 10.5 Å². The van der Waals surface area contributed by atoms with Crippen LogP contribution in [-0.2, 0) is 9.53 Å². The van der Waals surface area contributed by atoms with Crippen LogP contribution in [0.25, 0.3) is 0 Å². The standard InChI is InChI=1S/C10H17NO2/c1-2-13-10(12)8-5-6-3-7(4-6)9(8)11/h6-9H,2-5,11H2,1H3. The lowest BCUT2D eigenvalue weighted by Crippen LogP contribution is -2.53. The summed E-state index contributed by atoms with van der Waals surface area (Å²) < 4.78 is 5.00. The number of ether oxygens (including phenoxy) is 1. The van der Waals surface area contributed by atoms with Crippen molar-refractivity contribution in [2.75, 3.05) is 6.61 Å². The molecule has 3 heteroatoms. The van der Waals surface area contributed by atoms with E-state index in [0.29, 0.717) is 12.5 Å². The number of nitrogens with two attached hydrogens (primary N) is 1.